The molecular weight excluding hydrogens is 916 g/mol. The molecule has 0 radical (unpaired) electrons. The van der Waals surface area contributed by atoms with E-state index in [-0.39, 0.29) is 31.3 Å². The molecule has 0 aliphatic carbocycles. The molecule has 1 N–H and O–H groups in total. The number of carbonyl (C=O) groups is 2. The van der Waals surface area contributed by atoms with E-state index < -0.39 is 26.6 Å². The maximum Gasteiger partial charge on any atom is 0.306 e. The Morgan fingerprint density at radius 2 is 0.889 bits per heavy atom. The zero-order chi connectivity index (χ0) is 52.9. The van der Waals surface area contributed by atoms with Crippen LogP contribution in [0.5, 0.6) is 0 Å². The molecule has 10 heteroatoms. The number of allylic oxidation sites excluding steroid dienone is 13. The van der Waals surface area contributed by atoms with E-state index in [4.69, 9.17) is 13.8 Å². The van der Waals surface area contributed by atoms with Crippen LogP contribution < -0.4 is 10.2 Å². The quantitative estimate of drug-likeness (QED) is 0.0212. The number of unbranched alkanes of at least 4 members (excludes halogenated alkanes) is 24. The van der Waals surface area contributed by atoms with E-state index in [1.807, 2.05) is 33.3 Å². The number of nitrogens with one attached hydrogen (secondary N) is 1. The molecule has 0 aliphatic heterocycles. The molecule has 3 atom stereocenters. The molecule has 0 saturated heterocycles. The molecule has 9 nitrogen and oxygen atoms in total. The highest BCUT2D eigenvalue weighted by atomic mass is 31.2. The fraction of sp³-hybridized carbons (Fsp3) is 0.742. The lowest BCUT2D eigenvalue weighted by molar-refractivity contribution is -0.870. The summed E-state index contributed by atoms with van der Waals surface area (Å²) in [6.45, 7) is 6.68. The topological polar surface area (TPSA) is 114 Å². The largest absolute Gasteiger partial charge is 0.756 e. The summed E-state index contributed by atoms with van der Waals surface area (Å²) in [4.78, 5) is 39.8. The summed E-state index contributed by atoms with van der Waals surface area (Å²) < 4.78 is 30.2. The first-order valence-electron chi connectivity index (χ1n) is 29.4. The van der Waals surface area contributed by atoms with Crippen LogP contribution in [0.2, 0.25) is 0 Å². The average molecular weight is 1030 g/mol. The maximum atomic E-state index is 13.5. The van der Waals surface area contributed by atoms with Crippen LogP contribution in [0.4, 0.5) is 0 Å². The Hall–Kier alpha value is -2.81. The summed E-state index contributed by atoms with van der Waals surface area (Å²) in [5.41, 5.74) is 0. The van der Waals surface area contributed by atoms with Crippen molar-refractivity contribution in [2.75, 3.05) is 40.9 Å². The smallest absolute Gasteiger partial charge is 0.306 e. The lowest BCUT2D eigenvalue weighted by Gasteiger charge is -2.30. The Kier molecular flexibility index (Phi) is 49.6. The first-order valence-corrected chi connectivity index (χ1v) is 30.9. The highest BCUT2D eigenvalue weighted by Crippen LogP contribution is 2.38. The standard InChI is InChI=1S/C62H111N2O7P/c1-7-10-13-16-19-22-25-27-29-30-31-32-33-34-35-37-40-43-46-49-52-55-62(66)71-60(53-50-47-44-41-38-24-21-18-15-12-9-3)59(58-70-72(67,68)69-57-56-64(4,5)6)63-61(65)54-51-48-45-42-39-36-28-26-23-20-17-14-11-8-2/h10,13,19,22,27,29,31-32,34-36,39,50,53,59-60H,7-9,11-12,14-18,20-21,23-26,28,30,33,37-38,40-49,51-52,54-58H2,1-6H3,(H-,63,65,67,68)/b13-10-,22-19-,29-27-,32-31-,35-34-,39-36-,53-50-. The van der Waals surface area contributed by atoms with Gasteiger partial charge < -0.3 is 28.5 Å². The minimum atomic E-state index is -4.71. The van der Waals surface area contributed by atoms with Crippen LogP contribution in [0.15, 0.2) is 85.1 Å². The van der Waals surface area contributed by atoms with E-state index in [1.165, 1.54) is 89.9 Å². The molecule has 0 spiro atoms. The predicted molar refractivity (Wildman–Crippen MR) is 307 cm³/mol. The second-order valence-corrected chi connectivity index (χ2v) is 22.2. The number of phosphoric ester groups is 1. The molecule has 0 fully saturated rings. The van der Waals surface area contributed by atoms with Crippen molar-refractivity contribution in [1.82, 2.24) is 5.32 Å². The summed E-state index contributed by atoms with van der Waals surface area (Å²) in [5.74, 6) is -0.585. The van der Waals surface area contributed by atoms with Gasteiger partial charge in [-0.3, -0.25) is 14.2 Å². The van der Waals surface area contributed by atoms with Gasteiger partial charge in [0.1, 0.15) is 19.3 Å². The SMILES string of the molecule is CC/C=C\C/C=C\C/C=C\C/C=C\C/C=C\CCCCCCCC(=O)OC(/C=C\CCCCCCCCCCC)C(COP(=O)([O-])OCC[N+](C)(C)C)NC(=O)CCCCC/C=C\CCCCCCCCC. The monoisotopic (exact) mass is 1030 g/mol. The van der Waals surface area contributed by atoms with Crippen LogP contribution in [0.1, 0.15) is 245 Å². The van der Waals surface area contributed by atoms with Gasteiger partial charge >= 0.3 is 5.97 Å². The zero-order valence-corrected chi connectivity index (χ0v) is 48.3. The summed E-state index contributed by atoms with van der Waals surface area (Å²) >= 11 is 0. The molecule has 1 amide bonds. The van der Waals surface area contributed by atoms with Crippen molar-refractivity contribution < 1.29 is 37.3 Å². The molecule has 0 aromatic carbocycles. The number of rotatable bonds is 52. The van der Waals surface area contributed by atoms with Crippen molar-refractivity contribution in [1.29, 1.82) is 0 Å². The third kappa shape index (κ3) is 52.1. The number of carbonyl (C=O) groups excluding carboxylic acids is 2. The molecule has 0 saturated carbocycles. The van der Waals surface area contributed by atoms with Crippen molar-refractivity contribution in [2.24, 2.45) is 0 Å². The van der Waals surface area contributed by atoms with Crippen molar-refractivity contribution in [3.63, 3.8) is 0 Å². The van der Waals surface area contributed by atoms with E-state index in [0.717, 1.165) is 109 Å². The molecule has 0 bridgehead atoms. The normalized spacial score (nSPS) is 14.4. The van der Waals surface area contributed by atoms with Gasteiger partial charge in [-0.1, -0.05) is 215 Å². The average Bonchev–Trinajstić information content (AvgIpc) is 3.34. The number of quaternary nitrogens is 1. The minimum absolute atomic E-state index is 0.0317. The van der Waals surface area contributed by atoms with Crippen molar-refractivity contribution in [3.8, 4) is 0 Å². The highest BCUT2D eigenvalue weighted by Gasteiger charge is 2.27. The van der Waals surface area contributed by atoms with Crippen molar-refractivity contribution >= 4 is 19.7 Å². The molecule has 0 aromatic heterocycles. The van der Waals surface area contributed by atoms with E-state index in [1.54, 1.807) is 0 Å². The van der Waals surface area contributed by atoms with Gasteiger partial charge in [0.25, 0.3) is 7.82 Å². The Bertz CT molecular complexity index is 1510. The van der Waals surface area contributed by atoms with Gasteiger partial charge in [-0.15, -0.1) is 0 Å². The maximum absolute atomic E-state index is 13.5. The fourth-order valence-electron chi connectivity index (χ4n) is 8.01. The van der Waals surface area contributed by atoms with Gasteiger partial charge in [-0.25, -0.2) is 0 Å². The van der Waals surface area contributed by atoms with E-state index in [2.05, 4.69) is 99.0 Å². The third-order valence-corrected chi connectivity index (χ3v) is 13.5. The molecule has 0 aliphatic rings. The number of nitrogens with zero attached hydrogens (tertiary/aromatic N) is 1. The lowest BCUT2D eigenvalue weighted by atomic mass is 10.1. The molecule has 3 unspecified atom stereocenters. The highest BCUT2D eigenvalue weighted by molar-refractivity contribution is 7.45. The van der Waals surface area contributed by atoms with Gasteiger partial charge in [0.2, 0.25) is 5.91 Å². The first kappa shape index (κ1) is 69.2. The number of phosphoric acid groups is 1. The van der Waals surface area contributed by atoms with Crippen molar-refractivity contribution in [2.45, 2.75) is 258 Å². The lowest BCUT2D eigenvalue weighted by Crippen LogP contribution is -2.47. The van der Waals surface area contributed by atoms with Gasteiger partial charge in [0.15, 0.2) is 0 Å². The van der Waals surface area contributed by atoms with Crippen molar-refractivity contribution in [3.05, 3.63) is 85.1 Å². The number of hydrogen-bond donors (Lipinski definition) is 1. The number of ether oxygens (including phenoxy) is 1. The summed E-state index contributed by atoms with van der Waals surface area (Å²) in [7, 11) is 1.15. The molecule has 72 heavy (non-hydrogen) atoms. The van der Waals surface area contributed by atoms with E-state index in [9.17, 15) is 19.0 Å². The Morgan fingerprint density at radius 3 is 1.36 bits per heavy atom. The fourth-order valence-corrected chi connectivity index (χ4v) is 8.74. The van der Waals surface area contributed by atoms with Gasteiger partial charge in [0, 0.05) is 12.8 Å². The van der Waals surface area contributed by atoms with E-state index in [0.29, 0.717) is 23.9 Å². The summed E-state index contributed by atoms with van der Waals surface area (Å²) in [6, 6.07) is -0.907. The molecule has 0 heterocycles. The van der Waals surface area contributed by atoms with Crippen LogP contribution in [0.25, 0.3) is 0 Å². The molecule has 0 aromatic rings. The van der Waals surface area contributed by atoms with Gasteiger partial charge in [-0.05, 0) is 102 Å². The molecule has 0 rings (SSSR count). The number of hydrogen-bond acceptors (Lipinski definition) is 7. The van der Waals surface area contributed by atoms with Crippen LogP contribution in [-0.4, -0.2) is 69.4 Å². The second kappa shape index (κ2) is 51.7. The Labute approximate surface area is 444 Å². The Balaban J connectivity index is 5.32. The van der Waals surface area contributed by atoms with Gasteiger partial charge in [0.05, 0.1) is 33.8 Å². The number of amides is 1. The van der Waals surface area contributed by atoms with Crippen LogP contribution in [0.3, 0.4) is 0 Å². The van der Waals surface area contributed by atoms with Crippen LogP contribution >= 0.6 is 7.82 Å². The van der Waals surface area contributed by atoms with Gasteiger partial charge in [-0.2, -0.15) is 0 Å². The second-order valence-electron chi connectivity index (χ2n) is 20.8. The summed E-state index contributed by atoms with van der Waals surface area (Å²) in [5, 5.41) is 3.00. The number of esters is 1. The minimum Gasteiger partial charge on any atom is -0.756 e. The number of likely N-dealkylation sites (N-methyl/N-ethyl adjacent to an activating group) is 1. The predicted octanol–water partition coefficient (Wildman–Crippen LogP) is 17.2. The molecular formula is C62H111N2O7P. The summed E-state index contributed by atoms with van der Waals surface area (Å²) in [6.07, 6.45) is 66.9. The van der Waals surface area contributed by atoms with Crippen LogP contribution in [0, 0.1) is 0 Å². The van der Waals surface area contributed by atoms with E-state index >= 15 is 0 Å². The first-order chi connectivity index (χ1) is 34.9. The third-order valence-electron chi connectivity index (χ3n) is 12.6. The zero-order valence-electron chi connectivity index (χ0n) is 47.4. The Morgan fingerprint density at radius 1 is 0.500 bits per heavy atom. The van der Waals surface area contributed by atoms with Crippen LogP contribution in [-0.2, 0) is 27.9 Å². The molecule has 416 valence electrons.